The van der Waals surface area contributed by atoms with E-state index < -0.39 is 5.97 Å². The maximum absolute atomic E-state index is 10.8. The van der Waals surface area contributed by atoms with E-state index in [1.165, 1.54) is 19.2 Å². The van der Waals surface area contributed by atoms with Crippen molar-refractivity contribution in [1.29, 1.82) is 0 Å². The second-order valence-corrected chi connectivity index (χ2v) is 3.45. The molecule has 1 aromatic rings. The number of carboxylic acids is 1. The molecule has 0 spiro atoms. The molecule has 0 aliphatic carbocycles. The molecule has 0 bridgehead atoms. The molecule has 2 N–H and O–H groups in total. The van der Waals surface area contributed by atoms with Gasteiger partial charge in [0.1, 0.15) is 0 Å². The molecule has 1 rings (SSSR count). The molecule has 5 heteroatoms. The number of hydrogen-bond donors (Lipinski definition) is 2. The van der Waals surface area contributed by atoms with Crippen molar-refractivity contribution in [3.63, 3.8) is 0 Å². The molecule has 0 aliphatic rings. The van der Waals surface area contributed by atoms with Gasteiger partial charge in [-0.05, 0) is 31.0 Å². The van der Waals surface area contributed by atoms with Gasteiger partial charge in [-0.1, -0.05) is 0 Å². The Labute approximate surface area is 99.6 Å². The lowest BCUT2D eigenvalue weighted by atomic mass is 10.2. The van der Waals surface area contributed by atoms with Crippen LogP contribution in [0, 0.1) is 0 Å². The third-order valence-electron chi connectivity index (χ3n) is 2.22. The Morgan fingerprint density at radius 2 is 2.06 bits per heavy atom. The third-order valence-corrected chi connectivity index (χ3v) is 2.22. The molecule has 0 heterocycles. The zero-order chi connectivity index (χ0) is 12.7. The number of benzene rings is 1. The molecular weight excluding hydrogens is 224 g/mol. The van der Waals surface area contributed by atoms with Crippen LogP contribution in [0.5, 0.6) is 11.5 Å². The van der Waals surface area contributed by atoms with Gasteiger partial charge in [0.15, 0.2) is 11.5 Å². The number of aliphatic hydroxyl groups is 1. The molecule has 17 heavy (non-hydrogen) atoms. The first-order valence-electron chi connectivity index (χ1n) is 5.34. The number of ether oxygens (including phenoxy) is 2. The van der Waals surface area contributed by atoms with Crippen LogP contribution >= 0.6 is 0 Å². The molecule has 5 nitrogen and oxygen atoms in total. The van der Waals surface area contributed by atoms with Crippen molar-refractivity contribution < 1.29 is 24.5 Å². The minimum absolute atomic E-state index is 0.121. The van der Waals surface area contributed by atoms with Crippen LogP contribution < -0.4 is 9.47 Å². The molecule has 0 saturated heterocycles. The Kier molecular flexibility index (Phi) is 5.29. The monoisotopic (exact) mass is 240 g/mol. The van der Waals surface area contributed by atoms with E-state index in [4.69, 9.17) is 19.7 Å². The minimum atomic E-state index is -1.01. The van der Waals surface area contributed by atoms with Crippen molar-refractivity contribution in [1.82, 2.24) is 0 Å². The number of carboxylic acid groups (broad SMARTS) is 1. The lowest BCUT2D eigenvalue weighted by Crippen LogP contribution is -2.03. The highest BCUT2D eigenvalue weighted by Gasteiger charge is 2.09. The molecule has 1 aromatic carbocycles. The number of rotatable bonds is 7. The van der Waals surface area contributed by atoms with Crippen molar-refractivity contribution in [2.75, 3.05) is 20.3 Å². The number of aliphatic hydroxyl groups excluding tert-OH is 1. The van der Waals surface area contributed by atoms with Gasteiger partial charge in [0, 0.05) is 6.61 Å². The predicted octanol–water partition coefficient (Wildman–Crippen LogP) is 1.54. The van der Waals surface area contributed by atoms with E-state index in [0.29, 0.717) is 30.9 Å². The molecule has 0 fully saturated rings. The fourth-order valence-corrected chi connectivity index (χ4v) is 1.32. The van der Waals surface area contributed by atoms with E-state index in [1.807, 2.05) is 0 Å². The van der Waals surface area contributed by atoms with Crippen molar-refractivity contribution in [2.24, 2.45) is 0 Å². The normalized spacial score (nSPS) is 10.0. The Hall–Kier alpha value is -1.75. The van der Waals surface area contributed by atoms with Crippen LogP contribution in [-0.4, -0.2) is 36.5 Å². The summed E-state index contributed by atoms with van der Waals surface area (Å²) in [4.78, 5) is 10.8. The molecule has 0 radical (unpaired) electrons. The summed E-state index contributed by atoms with van der Waals surface area (Å²) in [6.45, 7) is 0.537. The Morgan fingerprint density at radius 1 is 1.29 bits per heavy atom. The summed E-state index contributed by atoms with van der Waals surface area (Å²) in [6, 6.07) is 4.45. The first kappa shape index (κ1) is 13.3. The second kappa shape index (κ2) is 6.75. The zero-order valence-electron chi connectivity index (χ0n) is 9.68. The van der Waals surface area contributed by atoms with E-state index in [9.17, 15) is 4.79 Å². The van der Waals surface area contributed by atoms with Gasteiger partial charge in [-0.2, -0.15) is 0 Å². The van der Waals surface area contributed by atoms with Gasteiger partial charge in [-0.15, -0.1) is 0 Å². The first-order valence-corrected chi connectivity index (χ1v) is 5.34. The quantitative estimate of drug-likeness (QED) is 0.707. The smallest absolute Gasteiger partial charge is 0.335 e. The molecule has 0 saturated carbocycles. The van der Waals surface area contributed by atoms with Crippen molar-refractivity contribution >= 4 is 5.97 Å². The minimum Gasteiger partial charge on any atom is -0.493 e. The second-order valence-electron chi connectivity index (χ2n) is 3.45. The van der Waals surface area contributed by atoms with Gasteiger partial charge in [-0.25, -0.2) is 4.79 Å². The van der Waals surface area contributed by atoms with E-state index >= 15 is 0 Å². The van der Waals surface area contributed by atoms with Crippen LogP contribution in [0.3, 0.4) is 0 Å². The first-order chi connectivity index (χ1) is 8.19. The van der Waals surface area contributed by atoms with Crippen LogP contribution in [0.1, 0.15) is 23.2 Å². The molecule has 0 aliphatic heterocycles. The summed E-state index contributed by atoms with van der Waals surface area (Å²) in [5, 5.41) is 17.5. The van der Waals surface area contributed by atoms with Crippen LogP contribution in [0.4, 0.5) is 0 Å². The largest absolute Gasteiger partial charge is 0.493 e. The number of aromatic carboxylic acids is 1. The van der Waals surface area contributed by atoms with Gasteiger partial charge < -0.3 is 19.7 Å². The highest BCUT2D eigenvalue weighted by molar-refractivity contribution is 5.88. The van der Waals surface area contributed by atoms with Crippen molar-refractivity contribution in [3.8, 4) is 11.5 Å². The highest BCUT2D eigenvalue weighted by atomic mass is 16.5. The van der Waals surface area contributed by atoms with Gasteiger partial charge >= 0.3 is 5.97 Å². The molecule has 0 atom stereocenters. The molecule has 0 aromatic heterocycles. The summed E-state index contributed by atoms with van der Waals surface area (Å²) in [5.74, 6) is -0.0998. The fourth-order valence-electron chi connectivity index (χ4n) is 1.32. The summed E-state index contributed by atoms with van der Waals surface area (Å²) in [6.07, 6.45) is 1.36. The predicted molar refractivity (Wildman–Crippen MR) is 61.8 cm³/mol. The Balaban J connectivity index is 2.72. The van der Waals surface area contributed by atoms with Gasteiger partial charge in [0.05, 0.1) is 19.3 Å². The molecule has 0 unspecified atom stereocenters. The summed E-state index contributed by atoms with van der Waals surface area (Å²) in [7, 11) is 1.50. The van der Waals surface area contributed by atoms with Crippen molar-refractivity contribution in [2.45, 2.75) is 12.8 Å². The standard InChI is InChI=1S/C12H16O5/c1-16-10-5-4-9(12(14)15)8-11(10)17-7-3-2-6-13/h4-5,8,13H,2-3,6-7H2,1H3,(H,14,15). The highest BCUT2D eigenvalue weighted by Crippen LogP contribution is 2.28. The third kappa shape index (κ3) is 3.96. The van der Waals surface area contributed by atoms with Gasteiger partial charge in [0.2, 0.25) is 0 Å². The van der Waals surface area contributed by atoms with E-state index in [0.717, 1.165) is 0 Å². The van der Waals surface area contributed by atoms with E-state index in [1.54, 1.807) is 6.07 Å². The van der Waals surface area contributed by atoms with E-state index in [-0.39, 0.29) is 12.2 Å². The summed E-state index contributed by atoms with van der Waals surface area (Å²) >= 11 is 0. The van der Waals surface area contributed by atoms with Crippen LogP contribution in [0.25, 0.3) is 0 Å². The molecule has 94 valence electrons. The van der Waals surface area contributed by atoms with Crippen molar-refractivity contribution in [3.05, 3.63) is 23.8 Å². The zero-order valence-corrected chi connectivity index (χ0v) is 9.68. The molecular formula is C12H16O5. The van der Waals surface area contributed by atoms with Gasteiger partial charge in [0.25, 0.3) is 0 Å². The average molecular weight is 240 g/mol. The lowest BCUT2D eigenvalue weighted by Gasteiger charge is -2.10. The van der Waals surface area contributed by atoms with Crippen LogP contribution in [0.2, 0.25) is 0 Å². The average Bonchev–Trinajstić information content (AvgIpc) is 2.34. The number of methoxy groups -OCH3 is 1. The molecule has 0 amide bonds. The summed E-state index contributed by atoms with van der Waals surface area (Å²) < 4.78 is 10.5. The Bertz CT molecular complexity index is 375. The number of carbonyl (C=O) groups is 1. The Morgan fingerprint density at radius 3 is 2.65 bits per heavy atom. The fraction of sp³-hybridized carbons (Fsp3) is 0.417. The SMILES string of the molecule is COc1ccc(C(=O)O)cc1OCCCCO. The maximum atomic E-state index is 10.8. The number of unbranched alkanes of at least 4 members (excludes halogenated alkanes) is 1. The van der Waals surface area contributed by atoms with E-state index in [2.05, 4.69) is 0 Å². The summed E-state index contributed by atoms with van der Waals surface area (Å²) in [5.41, 5.74) is 0.156. The van der Waals surface area contributed by atoms with Gasteiger partial charge in [-0.3, -0.25) is 0 Å². The van der Waals surface area contributed by atoms with Crippen LogP contribution in [0.15, 0.2) is 18.2 Å². The van der Waals surface area contributed by atoms with Crippen LogP contribution in [-0.2, 0) is 0 Å². The number of hydrogen-bond acceptors (Lipinski definition) is 4. The topological polar surface area (TPSA) is 76.0 Å². The lowest BCUT2D eigenvalue weighted by molar-refractivity contribution is 0.0696. The maximum Gasteiger partial charge on any atom is 0.335 e.